The molecule has 1 aliphatic carbocycles. The van der Waals surface area contributed by atoms with Gasteiger partial charge in [-0.15, -0.1) is 11.8 Å². The van der Waals surface area contributed by atoms with Crippen LogP contribution < -0.4 is 4.74 Å². The van der Waals surface area contributed by atoms with Crippen molar-refractivity contribution in [2.24, 2.45) is 5.41 Å². The number of rotatable bonds is 6. The fourth-order valence-corrected chi connectivity index (χ4v) is 4.82. The lowest BCUT2D eigenvalue weighted by atomic mass is 9.73. The zero-order chi connectivity index (χ0) is 18.9. The first-order valence-electron chi connectivity index (χ1n) is 9.10. The van der Waals surface area contributed by atoms with Crippen molar-refractivity contribution in [3.05, 3.63) is 77.8 Å². The van der Waals surface area contributed by atoms with Gasteiger partial charge in [0.15, 0.2) is 0 Å². The molecule has 0 amide bonds. The van der Waals surface area contributed by atoms with Crippen LogP contribution in [0.1, 0.15) is 25.3 Å². The standard InChI is InChI=1S/C23H22O3S/c1-16(24)23-14-6-9-21(23)26-20(15-27-19-7-4-3-5-8-19)22(23)17-10-12-18(25-2)13-11-17/h3-5,7-13H,6,14-15H2,1-2H3. The number of hydrogen-bond donors (Lipinski definition) is 0. The van der Waals surface area contributed by atoms with Crippen LogP contribution in [0.5, 0.6) is 5.75 Å². The van der Waals surface area contributed by atoms with Gasteiger partial charge in [0.05, 0.1) is 12.9 Å². The largest absolute Gasteiger partial charge is 0.497 e. The van der Waals surface area contributed by atoms with E-state index in [2.05, 4.69) is 18.2 Å². The average Bonchev–Trinajstić information content (AvgIpc) is 3.24. The maximum atomic E-state index is 12.8. The lowest BCUT2D eigenvalue weighted by molar-refractivity contribution is -0.122. The van der Waals surface area contributed by atoms with E-state index in [0.717, 1.165) is 41.2 Å². The predicted molar refractivity (Wildman–Crippen MR) is 109 cm³/mol. The fourth-order valence-electron chi connectivity index (χ4n) is 3.97. The molecule has 4 rings (SSSR count). The van der Waals surface area contributed by atoms with E-state index in [1.54, 1.807) is 25.8 Å². The molecule has 138 valence electrons. The average molecular weight is 378 g/mol. The van der Waals surface area contributed by atoms with Gasteiger partial charge in [-0.2, -0.15) is 0 Å². The second kappa shape index (κ2) is 7.28. The Kier molecular flexibility index (Phi) is 4.83. The molecule has 1 unspecified atom stereocenters. The van der Waals surface area contributed by atoms with E-state index in [9.17, 15) is 4.79 Å². The molecule has 1 atom stereocenters. The molecule has 0 saturated carbocycles. The number of allylic oxidation sites excluding steroid dienone is 2. The Labute approximate surface area is 164 Å². The third-order valence-corrected chi connectivity index (χ3v) is 6.31. The van der Waals surface area contributed by atoms with Gasteiger partial charge in [0.1, 0.15) is 28.5 Å². The van der Waals surface area contributed by atoms with Crippen molar-refractivity contribution in [2.45, 2.75) is 24.7 Å². The third kappa shape index (κ3) is 3.08. The Morgan fingerprint density at radius 1 is 1.15 bits per heavy atom. The van der Waals surface area contributed by atoms with Gasteiger partial charge in [-0.1, -0.05) is 30.3 Å². The third-order valence-electron chi connectivity index (χ3n) is 5.30. The first-order chi connectivity index (χ1) is 13.1. The molecule has 0 fully saturated rings. The van der Waals surface area contributed by atoms with Crippen LogP contribution in [0.3, 0.4) is 0 Å². The van der Waals surface area contributed by atoms with Crippen LogP contribution >= 0.6 is 11.8 Å². The SMILES string of the molecule is COc1ccc(C2=C(CSc3ccccc3)OC3=CCCC32C(C)=O)cc1. The van der Waals surface area contributed by atoms with Crippen molar-refractivity contribution in [3.63, 3.8) is 0 Å². The molecule has 4 heteroatoms. The van der Waals surface area contributed by atoms with E-state index in [4.69, 9.17) is 9.47 Å². The van der Waals surface area contributed by atoms with Gasteiger partial charge in [-0.3, -0.25) is 4.79 Å². The van der Waals surface area contributed by atoms with Gasteiger partial charge in [-0.25, -0.2) is 0 Å². The summed E-state index contributed by atoms with van der Waals surface area (Å²) in [4.78, 5) is 14.0. The zero-order valence-corrected chi connectivity index (χ0v) is 16.3. The van der Waals surface area contributed by atoms with Crippen molar-refractivity contribution < 1.29 is 14.3 Å². The highest BCUT2D eigenvalue weighted by atomic mass is 32.2. The summed E-state index contributed by atoms with van der Waals surface area (Å²) >= 11 is 1.73. The van der Waals surface area contributed by atoms with E-state index in [1.165, 1.54) is 4.90 Å². The van der Waals surface area contributed by atoms with Gasteiger partial charge >= 0.3 is 0 Å². The van der Waals surface area contributed by atoms with Crippen molar-refractivity contribution >= 4 is 23.1 Å². The van der Waals surface area contributed by atoms with E-state index in [0.29, 0.717) is 5.75 Å². The maximum absolute atomic E-state index is 12.8. The fraction of sp³-hybridized carbons (Fsp3) is 0.261. The molecule has 0 N–H and O–H groups in total. The van der Waals surface area contributed by atoms with Gasteiger partial charge < -0.3 is 9.47 Å². The van der Waals surface area contributed by atoms with E-state index < -0.39 is 5.41 Å². The number of ether oxygens (including phenoxy) is 2. The lowest BCUT2D eigenvalue weighted by Crippen LogP contribution is -2.28. The molecule has 0 aromatic heterocycles. The number of methoxy groups -OCH3 is 1. The summed E-state index contributed by atoms with van der Waals surface area (Å²) in [5.74, 6) is 3.34. The van der Waals surface area contributed by atoms with Crippen molar-refractivity contribution in [1.82, 2.24) is 0 Å². The van der Waals surface area contributed by atoms with Crippen LogP contribution in [0.25, 0.3) is 5.57 Å². The molecular weight excluding hydrogens is 356 g/mol. The molecule has 2 aromatic rings. The second-order valence-corrected chi connectivity index (χ2v) is 7.85. The highest BCUT2D eigenvalue weighted by Gasteiger charge is 2.53. The van der Waals surface area contributed by atoms with Crippen molar-refractivity contribution in [3.8, 4) is 5.75 Å². The number of Topliss-reactive ketones (excluding diaryl/α,β-unsaturated/α-hetero) is 1. The topological polar surface area (TPSA) is 35.5 Å². The number of hydrogen-bond acceptors (Lipinski definition) is 4. The zero-order valence-electron chi connectivity index (χ0n) is 15.5. The summed E-state index contributed by atoms with van der Waals surface area (Å²) < 4.78 is 11.6. The number of benzene rings is 2. The molecule has 3 nitrogen and oxygen atoms in total. The Hall–Kier alpha value is -2.46. The number of carbonyl (C=O) groups excluding carboxylic acids is 1. The summed E-state index contributed by atoms with van der Waals surface area (Å²) in [6.07, 6.45) is 3.72. The van der Waals surface area contributed by atoms with E-state index >= 15 is 0 Å². The van der Waals surface area contributed by atoms with Crippen LogP contribution in [0.2, 0.25) is 0 Å². The Morgan fingerprint density at radius 3 is 2.56 bits per heavy atom. The molecule has 0 saturated heterocycles. The molecule has 1 heterocycles. The molecule has 2 aromatic carbocycles. The monoisotopic (exact) mass is 378 g/mol. The van der Waals surface area contributed by atoms with Gasteiger partial charge in [0.25, 0.3) is 0 Å². The van der Waals surface area contributed by atoms with Crippen LogP contribution in [-0.2, 0) is 9.53 Å². The summed E-state index contributed by atoms with van der Waals surface area (Å²) in [5, 5.41) is 0. The first kappa shape index (κ1) is 17.9. The first-order valence-corrected chi connectivity index (χ1v) is 10.1. The van der Waals surface area contributed by atoms with Crippen molar-refractivity contribution in [1.29, 1.82) is 0 Å². The normalized spacial score (nSPS) is 20.9. The number of fused-ring (bicyclic) bond motifs is 1. The Morgan fingerprint density at radius 2 is 1.89 bits per heavy atom. The number of thioether (sulfide) groups is 1. The second-order valence-electron chi connectivity index (χ2n) is 6.80. The minimum absolute atomic E-state index is 0.150. The number of ketones is 1. The van der Waals surface area contributed by atoms with Gasteiger partial charge in [0.2, 0.25) is 0 Å². The summed E-state index contributed by atoms with van der Waals surface area (Å²) in [6, 6.07) is 18.2. The van der Waals surface area contributed by atoms with Crippen LogP contribution in [0.15, 0.2) is 77.1 Å². The molecule has 1 aliphatic heterocycles. The summed E-state index contributed by atoms with van der Waals surface area (Å²) in [6.45, 7) is 1.68. The molecular formula is C23H22O3S. The highest BCUT2D eigenvalue weighted by Crippen LogP contribution is 2.57. The lowest BCUT2D eigenvalue weighted by Gasteiger charge is -2.25. The van der Waals surface area contributed by atoms with Crippen LogP contribution in [-0.4, -0.2) is 18.6 Å². The Balaban J connectivity index is 1.76. The maximum Gasteiger partial charge on any atom is 0.148 e. The number of carbonyl (C=O) groups is 1. The van der Waals surface area contributed by atoms with Crippen LogP contribution in [0.4, 0.5) is 0 Å². The van der Waals surface area contributed by atoms with Gasteiger partial charge in [0, 0.05) is 10.5 Å². The van der Waals surface area contributed by atoms with E-state index in [1.807, 2.05) is 42.5 Å². The molecule has 0 bridgehead atoms. The van der Waals surface area contributed by atoms with Crippen molar-refractivity contribution in [2.75, 3.05) is 12.9 Å². The highest BCUT2D eigenvalue weighted by molar-refractivity contribution is 7.99. The molecule has 0 radical (unpaired) electrons. The van der Waals surface area contributed by atoms with Gasteiger partial charge in [-0.05, 0) is 55.7 Å². The summed E-state index contributed by atoms with van der Waals surface area (Å²) in [7, 11) is 1.66. The minimum Gasteiger partial charge on any atom is -0.497 e. The smallest absolute Gasteiger partial charge is 0.148 e. The molecule has 2 aliphatic rings. The quantitative estimate of drug-likeness (QED) is 0.624. The predicted octanol–water partition coefficient (Wildman–Crippen LogP) is 5.48. The minimum atomic E-state index is -0.638. The Bertz CT molecular complexity index is 912. The summed E-state index contributed by atoms with van der Waals surface area (Å²) in [5.41, 5.74) is 1.41. The molecule has 0 spiro atoms. The molecule has 27 heavy (non-hydrogen) atoms. The van der Waals surface area contributed by atoms with Crippen LogP contribution in [0, 0.1) is 5.41 Å². The van der Waals surface area contributed by atoms with E-state index in [-0.39, 0.29) is 5.78 Å².